The van der Waals surface area contributed by atoms with Crippen LogP contribution in [0.2, 0.25) is 0 Å². The molecule has 1 aromatic heterocycles. The number of rotatable bonds is 6. The first-order valence-electron chi connectivity index (χ1n) is 9.14. The Morgan fingerprint density at radius 1 is 1.24 bits per heavy atom. The van der Waals surface area contributed by atoms with Gasteiger partial charge in [-0.1, -0.05) is 6.42 Å². The predicted octanol–water partition coefficient (Wildman–Crippen LogP) is 1.58. The van der Waals surface area contributed by atoms with Gasteiger partial charge in [-0.2, -0.15) is 4.31 Å². The lowest BCUT2D eigenvalue weighted by molar-refractivity contribution is -0.125. The summed E-state index contributed by atoms with van der Waals surface area (Å²) < 4.78 is 27.3. The van der Waals surface area contributed by atoms with Crippen LogP contribution in [-0.4, -0.2) is 51.4 Å². The molecule has 1 aromatic rings. The number of carbonyl (C=O) groups excluding carboxylic acids is 1. The van der Waals surface area contributed by atoms with E-state index in [-0.39, 0.29) is 11.8 Å². The summed E-state index contributed by atoms with van der Waals surface area (Å²) in [5.74, 6) is 0.164. The second kappa shape index (κ2) is 8.62. The highest BCUT2D eigenvalue weighted by molar-refractivity contribution is 7.91. The third-order valence-corrected chi connectivity index (χ3v) is 8.40. The average molecular weight is 386 g/mol. The van der Waals surface area contributed by atoms with E-state index in [0.29, 0.717) is 30.3 Å². The molecule has 2 saturated heterocycles. The minimum atomic E-state index is -3.34. The van der Waals surface area contributed by atoms with Gasteiger partial charge in [0, 0.05) is 31.1 Å². The van der Waals surface area contributed by atoms with Crippen LogP contribution < -0.4 is 10.6 Å². The SMILES string of the molecule is O=C(NCCc1ccc(S(=O)(=O)N2CCCCC2)s1)C1CCCNC1. The van der Waals surface area contributed by atoms with Crippen molar-refractivity contribution in [2.24, 2.45) is 5.92 Å². The van der Waals surface area contributed by atoms with Gasteiger partial charge in [-0.3, -0.25) is 4.79 Å². The normalized spacial score (nSPS) is 22.6. The van der Waals surface area contributed by atoms with Crippen molar-refractivity contribution >= 4 is 27.3 Å². The minimum Gasteiger partial charge on any atom is -0.355 e. The maximum absolute atomic E-state index is 12.6. The Morgan fingerprint density at radius 3 is 2.76 bits per heavy atom. The Balaban J connectivity index is 1.50. The summed E-state index contributed by atoms with van der Waals surface area (Å²) in [4.78, 5) is 13.1. The van der Waals surface area contributed by atoms with Crippen LogP contribution in [0.3, 0.4) is 0 Å². The highest BCUT2D eigenvalue weighted by Crippen LogP contribution is 2.27. The fourth-order valence-electron chi connectivity index (χ4n) is 3.39. The largest absolute Gasteiger partial charge is 0.355 e. The molecule has 3 rings (SSSR count). The molecule has 25 heavy (non-hydrogen) atoms. The van der Waals surface area contributed by atoms with Gasteiger partial charge in [0.25, 0.3) is 10.0 Å². The Morgan fingerprint density at radius 2 is 2.04 bits per heavy atom. The van der Waals surface area contributed by atoms with E-state index in [1.165, 1.54) is 11.3 Å². The second-order valence-corrected chi connectivity index (χ2v) is 10.1. The fourth-order valence-corrected chi connectivity index (χ4v) is 6.42. The topological polar surface area (TPSA) is 78.5 Å². The molecule has 1 unspecified atom stereocenters. The quantitative estimate of drug-likeness (QED) is 0.779. The van der Waals surface area contributed by atoms with Gasteiger partial charge in [-0.05, 0) is 50.8 Å². The van der Waals surface area contributed by atoms with Gasteiger partial charge in [-0.25, -0.2) is 8.42 Å². The summed E-state index contributed by atoms with van der Waals surface area (Å²) in [6.07, 6.45) is 5.65. The van der Waals surface area contributed by atoms with Crippen LogP contribution in [-0.2, 0) is 21.2 Å². The summed E-state index contributed by atoms with van der Waals surface area (Å²) >= 11 is 1.33. The molecule has 1 amide bonds. The Kier molecular flexibility index (Phi) is 6.49. The molecule has 0 saturated carbocycles. The number of carbonyl (C=O) groups is 1. The molecule has 0 bridgehead atoms. The van der Waals surface area contributed by atoms with Crippen LogP contribution in [0.25, 0.3) is 0 Å². The number of piperidine rings is 2. The van der Waals surface area contributed by atoms with E-state index in [1.54, 1.807) is 10.4 Å². The van der Waals surface area contributed by atoms with Crippen molar-refractivity contribution in [1.29, 1.82) is 0 Å². The van der Waals surface area contributed by atoms with E-state index in [2.05, 4.69) is 10.6 Å². The standard InChI is InChI=1S/C17H27N3O3S2/c21-17(14-5-4-9-18-13-14)19-10-8-15-6-7-16(24-15)25(22,23)20-11-2-1-3-12-20/h6-7,14,18H,1-5,8-13H2,(H,19,21). The van der Waals surface area contributed by atoms with Gasteiger partial charge in [0.15, 0.2) is 0 Å². The van der Waals surface area contributed by atoms with Crippen LogP contribution in [0.4, 0.5) is 0 Å². The van der Waals surface area contributed by atoms with Crippen molar-refractivity contribution in [2.45, 2.75) is 42.7 Å². The summed E-state index contributed by atoms with van der Waals surface area (Å²) in [6.45, 7) is 3.55. The second-order valence-electron chi connectivity index (χ2n) is 6.77. The van der Waals surface area contributed by atoms with Gasteiger partial charge in [0.05, 0.1) is 5.92 Å². The first kappa shape index (κ1) is 18.8. The fraction of sp³-hybridized carbons (Fsp3) is 0.706. The molecule has 8 heteroatoms. The van der Waals surface area contributed by atoms with E-state index in [9.17, 15) is 13.2 Å². The van der Waals surface area contributed by atoms with Gasteiger partial charge < -0.3 is 10.6 Å². The zero-order chi connectivity index (χ0) is 17.7. The van der Waals surface area contributed by atoms with Crippen LogP contribution in [0.5, 0.6) is 0 Å². The number of nitrogens with one attached hydrogen (secondary N) is 2. The minimum absolute atomic E-state index is 0.0622. The molecular weight excluding hydrogens is 358 g/mol. The number of nitrogens with zero attached hydrogens (tertiary/aromatic N) is 1. The van der Waals surface area contributed by atoms with E-state index >= 15 is 0 Å². The summed E-state index contributed by atoms with van der Waals surface area (Å²) in [5, 5.41) is 6.22. The van der Waals surface area contributed by atoms with Crippen molar-refractivity contribution in [1.82, 2.24) is 14.9 Å². The Bertz CT molecular complexity index is 675. The molecule has 2 N–H and O–H groups in total. The molecule has 0 aromatic carbocycles. The van der Waals surface area contributed by atoms with Crippen molar-refractivity contribution in [3.63, 3.8) is 0 Å². The number of hydrogen-bond donors (Lipinski definition) is 2. The molecule has 1 atom stereocenters. The molecule has 6 nitrogen and oxygen atoms in total. The van der Waals surface area contributed by atoms with Crippen LogP contribution in [0.1, 0.15) is 37.0 Å². The van der Waals surface area contributed by atoms with E-state index in [1.807, 2.05) is 6.07 Å². The maximum Gasteiger partial charge on any atom is 0.252 e. The molecule has 3 heterocycles. The number of amides is 1. The maximum atomic E-state index is 12.6. The monoisotopic (exact) mass is 385 g/mol. The van der Waals surface area contributed by atoms with E-state index in [4.69, 9.17) is 0 Å². The number of thiophene rings is 1. The van der Waals surface area contributed by atoms with Crippen molar-refractivity contribution < 1.29 is 13.2 Å². The molecule has 0 aliphatic carbocycles. The molecule has 2 aliphatic rings. The van der Waals surface area contributed by atoms with E-state index in [0.717, 1.165) is 50.1 Å². The van der Waals surface area contributed by atoms with Gasteiger partial charge in [0.2, 0.25) is 5.91 Å². The third kappa shape index (κ3) is 4.81. The summed E-state index contributed by atoms with van der Waals surface area (Å²) in [6, 6.07) is 3.58. The zero-order valence-electron chi connectivity index (χ0n) is 14.5. The summed E-state index contributed by atoms with van der Waals surface area (Å²) in [5.41, 5.74) is 0. The van der Waals surface area contributed by atoms with Crippen LogP contribution in [0, 0.1) is 5.92 Å². The van der Waals surface area contributed by atoms with E-state index < -0.39 is 10.0 Å². The molecule has 2 fully saturated rings. The van der Waals surface area contributed by atoms with Crippen LogP contribution >= 0.6 is 11.3 Å². The summed E-state index contributed by atoms with van der Waals surface area (Å²) in [7, 11) is -3.34. The van der Waals surface area contributed by atoms with Crippen molar-refractivity contribution in [3.8, 4) is 0 Å². The highest BCUT2D eigenvalue weighted by atomic mass is 32.2. The third-order valence-electron chi connectivity index (χ3n) is 4.88. The Labute approximate surface area is 154 Å². The zero-order valence-corrected chi connectivity index (χ0v) is 16.1. The lowest BCUT2D eigenvalue weighted by Gasteiger charge is -2.25. The lowest BCUT2D eigenvalue weighted by Crippen LogP contribution is -2.41. The van der Waals surface area contributed by atoms with Crippen molar-refractivity contribution in [3.05, 3.63) is 17.0 Å². The predicted molar refractivity (Wildman–Crippen MR) is 99.2 cm³/mol. The molecule has 0 spiro atoms. The van der Waals surface area contributed by atoms with Crippen molar-refractivity contribution in [2.75, 3.05) is 32.7 Å². The lowest BCUT2D eigenvalue weighted by atomic mass is 9.99. The molecule has 140 valence electrons. The van der Waals surface area contributed by atoms with Gasteiger partial charge in [-0.15, -0.1) is 11.3 Å². The number of hydrogen-bond acceptors (Lipinski definition) is 5. The van der Waals surface area contributed by atoms with Crippen LogP contribution in [0.15, 0.2) is 16.3 Å². The molecule has 0 radical (unpaired) electrons. The average Bonchev–Trinajstić information content (AvgIpc) is 3.13. The molecule has 2 aliphatic heterocycles. The first-order valence-corrected chi connectivity index (χ1v) is 11.4. The number of sulfonamides is 1. The first-order chi connectivity index (χ1) is 12.1. The highest BCUT2D eigenvalue weighted by Gasteiger charge is 2.27. The molecular formula is C17H27N3O3S2. The Hall–Kier alpha value is -0.960. The van der Waals surface area contributed by atoms with Gasteiger partial charge >= 0.3 is 0 Å². The van der Waals surface area contributed by atoms with Gasteiger partial charge in [0.1, 0.15) is 4.21 Å². The smallest absolute Gasteiger partial charge is 0.252 e.